The number of hydrogen-bond acceptors (Lipinski definition) is 1. The first-order chi connectivity index (χ1) is 3.00. The predicted molar refractivity (Wildman–Crippen MR) is 40.2 cm³/mol. The number of halogens is 1. The van der Waals surface area contributed by atoms with Crippen molar-refractivity contribution in [2.45, 2.75) is 0 Å². The molecule has 0 fully saturated rings. The Labute approximate surface area is 90.6 Å². The Bertz CT molecular complexity index is 61.9. The molecule has 0 aliphatic rings. The number of hydrogen-bond donors (Lipinski definition) is 3. The molecule has 0 amide bonds. The van der Waals surface area contributed by atoms with Gasteiger partial charge in [0.05, 0.1) is 0 Å². The molecule has 0 radical (unpaired) electrons. The van der Waals surface area contributed by atoms with Gasteiger partial charge in [0.25, 0.3) is 0 Å². The minimum atomic E-state index is -4.64. The number of rotatable bonds is 0. The fourth-order valence-electron chi connectivity index (χ4n) is 0. The SMILES string of the molecule is O=P(O)(O)O.[LiH].[LiH].[Li][Cl]. The number of phosphoric acid groups is 1. The van der Waals surface area contributed by atoms with E-state index in [2.05, 4.69) is 9.80 Å². The van der Waals surface area contributed by atoms with Crippen LogP contribution in [0.2, 0.25) is 0 Å². The Kier molecular flexibility index (Phi) is 32.0. The summed E-state index contributed by atoms with van der Waals surface area (Å²) in [5, 5.41) is 0. The molecule has 4 nitrogen and oxygen atoms in total. The van der Waals surface area contributed by atoms with Crippen LogP contribution >= 0.6 is 17.6 Å². The third kappa shape index (κ3) is 142. The second-order valence-corrected chi connectivity index (χ2v) is 1.54. The summed E-state index contributed by atoms with van der Waals surface area (Å²) < 4.78 is 8.88. The van der Waals surface area contributed by atoms with Crippen LogP contribution in [0, 0.1) is 0 Å². The molecule has 0 aromatic heterocycles. The van der Waals surface area contributed by atoms with E-state index in [0.717, 1.165) is 0 Å². The van der Waals surface area contributed by atoms with Crippen molar-refractivity contribution in [2.24, 2.45) is 0 Å². The zero-order valence-electron chi connectivity index (χ0n) is 3.58. The van der Waals surface area contributed by atoms with Crippen LogP contribution in [0.3, 0.4) is 0 Å². The van der Waals surface area contributed by atoms with E-state index in [1.165, 1.54) is 16.7 Å². The van der Waals surface area contributed by atoms with Crippen LogP contribution in [0.25, 0.3) is 0 Å². The fraction of sp³-hybridized carbons (Fsp3) is 0. The van der Waals surface area contributed by atoms with E-state index in [4.69, 9.17) is 19.2 Å². The third-order valence-corrected chi connectivity index (χ3v) is 0. The zero-order valence-corrected chi connectivity index (χ0v) is 5.23. The van der Waals surface area contributed by atoms with Crippen LogP contribution in [-0.2, 0) is 4.57 Å². The summed E-state index contributed by atoms with van der Waals surface area (Å²) >= 11 is 1.47. The van der Waals surface area contributed by atoms with Crippen LogP contribution < -0.4 is 0 Å². The maximum atomic E-state index is 8.88. The molecule has 0 aliphatic heterocycles. The molecule has 9 heteroatoms. The normalized spacial score (nSPS) is 7.33. The van der Waals surface area contributed by atoms with Gasteiger partial charge in [-0.3, -0.25) is 0 Å². The average Bonchev–Trinajstić information content (AvgIpc) is 1.36. The van der Waals surface area contributed by atoms with Crippen molar-refractivity contribution in [2.75, 3.05) is 0 Å². The molecule has 0 aliphatic carbocycles. The Hall–Kier alpha value is 2.19. The molecule has 0 heterocycles. The molecule has 0 aromatic rings. The molecule has 0 unspecified atom stereocenters. The molecule has 0 bridgehead atoms. The Balaban J connectivity index is -0.0000000286. The van der Waals surface area contributed by atoms with Gasteiger partial charge in [-0.25, -0.2) is 4.57 Å². The topological polar surface area (TPSA) is 77.8 Å². The quantitative estimate of drug-likeness (QED) is 0.282. The van der Waals surface area contributed by atoms with Gasteiger partial charge in [0, 0.05) is 0 Å². The molecular formula is H5ClLi3O4P. The van der Waals surface area contributed by atoms with Gasteiger partial charge in [-0.1, -0.05) is 0 Å². The van der Waals surface area contributed by atoms with E-state index < -0.39 is 7.82 Å². The molecular weight excluding hydrogens is 151 g/mol. The standard InChI is InChI=1S/ClH.3Li.H3O4P.2H/c;;;;1-5(2,3)4;;/h1H;;;;(H3,1,2,3,4);;/q;;;+1;;;/p-1. The molecule has 0 spiro atoms. The maximum absolute atomic E-state index is 8.88. The van der Waals surface area contributed by atoms with Gasteiger partial charge in [0.15, 0.2) is 0 Å². The van der Waals surface area contributed by atoms with E-state index >= 15 is 0 Å². The van der Waals surface area contributed by atoms with Crippen LogP contribution in [0.4, 0.5) is 0 Å². The van der Waals surface area contributed by atoms with Gasteiger partial charge < -0.3 is 14.7 Å². The molecule has 0 atom stereocenters. The molecule has 44 valence electrons. The van der Waals surface area contributed by atoms with Gasteiger partial charge >= 0.3 is 72.1 Å². The second kappa shape index (κ2) is 12.8. The summed E-state index contributed by atoms with van der Waals surface area (Å²) in [7, 11) is -0.000000000000000888. The molecule has 0 saturated heterocycles. The van der Waals surface area contributed by atoms with Crippen molar-refractivity contribution < 1.29 is 19.2 Å². The minimum absolute atomic E-state index is 0. The van der Waals surface area contributed by atoms with Gasteiger partial charge in [0.1, 0.15) is 0 Å². The molecule has 0 rings (SSSR count). The van der Waals surface area contributed by atoms with Gasteiger partial charge in [-0.2, -0.15) is 0 Å². The summed E-state index contributed by atoms with van der Waals surface area (Å²) in [4.78, 5) is 21.6. The molecule has 0 saturated carbocycles. The van der Waals surface area contributed by atoms with E-state index in [9.17, 15) is 0 Å². The summed E-state index contributed by atoms with van der Waals surface area (Å²) in [6, 6.07) is 0. The van der Waals surface area contributed by atoms with Crippen LogP contribution in [-0.4, -0.2) is 69.1 Å². The third-order valence-electron chi connectivity index (χ3n) is 0. The van der Waals surface area contributed by atoms with E-state index in [1.54, 1.807) is 0 Å². The predicted octanol–water partition coefficient (Wildman–Crippen LogP) is -1.92. The van der Waals surface area contributed by atoms with Crippen molar-refractivity contribution in [1.82, 2.24) is 0 Å². The summed E-state index contributed by atoms with van der Waals surface area (Å²) in [6.45, 7) is 0. The van der Waals surface area contributed by atoms with Gasteiger partial charge in [0.2, 0.25) is 0 Å². The van der Waals surface area contributed by atoms with Crippen LogP contribution in [0.15, 0.2) is 0 Å². The first kappa shape index (κ1) is 22.5. The van der Waals surface area contributed by atoms with Crippen LogP contribution in [0.1, 0.15) is 0 Å². The summed E-state index contributed by atoms with van der Waals surface area (Å²) in [5.74, 6) is 0. The van der Waals surface area contributed by atoms with Gasteiger partial charge in [-0.05, 0) is 0 Å². The summed E-state index contributed by atoms with van der Waals surface area (Å²) in [6.07, 6.45) is 0. The van der Waals surface area contributed by atoms with Crippen molar-refractivity contribution in [3.63, 3.8) is 0 Å². The van der Waals surface area contributed by atoms with Crippen molar-refractivity contribution in [1.29, 1.82) is 0 Å². The first-order valence-electron chi connectivity index (χ1n) is 1.16. The van der Waals surface area contributed by atoms with Crippen molar-refractivity contribution in [3.05, 3.63) is 0 Å². The zero-order chi connectivity index (χ0) is 6.50. The Morgan fingerprint density at radius 2 is 1.11 bits per heavy atom. The van der Waals surface area contributed by atoms with E-state index in [0.29, 0.717) is 0 Å². The molecule has 9 heavy (non-hydrogen) atoms. The average molecular weight is 156 g/mol. The van der Waals surface area contributed by atoms with Crippen LogP contribution in [0.5, 0.6) is 0 Å². The van der Waals surface area contributed by atoms with E-state index in [1.807, 2.05) is 0 Å². The second-order valence-electron chi connectivity index (χ2n) is 0.513. The monoisotopic (exact) mass is 156 g/mol. The van der Waals surface area contributed by atoms with E-state index in [-0.39, 0.29) is 37.7 Å². The Morgan fingerprint density at radius 1 is 1.11 bits per heavy atom. The summed E-state index contributed by atoms with van der Waals surface area (Å²) in [5.41, 5.74) is 0. The van der Waals surface area contributed by atoms with Gasteiger partial charge in [-0.15, -0.1) is 0 Å². The van der Waals surface area contributed by atoms with Crippen molar-refractivity contribution >= 4 is 72.1 Å². The Morgan fingerprint density at radius 3 is 1.11 bits per heavy atom. The van der Waals surface area contributed by atoms with Crippen molar-refractivity contribution in [3.8, 4) is 0 Å². The molecule has 0 aromatic carbocycles. The molecule has 3 N–H and O–H groups in total. The first-order valence-corrected chi connectivity index (χ1v) is 3.48. The fourth-order valence-corrected chi connectivity index (χ4v) is 0.